The number of aliphatic imine (C=N–C) groups is 1. The Hall–Kier alpha value is -3.69. The van der Waals surface area contributed by atoms with Crippen LogP contribution >= 0.6 is 11.6 Å². The maximum Gasteiger partial charge on any atom is 0.246 e. The molecule has 2 aromatic carbocycles. The van der Waals surface area contributed by atoms with Crippen molar-refractivity contribution in [3.05, 3.63) is 83.4 Å². The molecule has 1 amide bonds. The Kier molecular flexibility index (Phi) is 8.18. The first kappa shape index (κ1) is 29.8. The van der Waals surface area contributed by atoms with Gasteiger partial charge in [0.2, 0.25) is 5.91 Å². The predicted molar refractivity (Wildman–Crippen MR) is 169 cm³/mol. The van der Waals surface area contributed by atoms with E-state index in [1.807, 2.05) is 30.0 Å². The summed E-state index contributed by atoms with van der Waals surface area (Å²) < 4.78 is 25.4. The monoisotopic (exact) mass is 605 g/mol. The molecular formula is C32H36ClN5O3S. The van der Waals surface area contributed by atoms with E-state index in [1.165, 1.54) is 12.3 Å². The Labute approximate surface area is 253 Å². The SMILES string of the molecule is C=CC(=O)N1CC(C)N(C2=NCN(c3ccccc3C(C)C)c3nc(-c4ccccc4S(C)(=O)=O)c(Cl)cc32)CC1C. The number of hydrogen-bond acceptors (Lipinski definition) is 7. The lowest BCUT2D eigenvalue weighted by Gasteiger charge is -2.46. The molecular weight excluding hydrogens is 570 g/mol. The summed E-state index contributed by atoms with van der Waals surface area (Å²) in [4.78, 5) is 29.0. The van der Waals surface area contributed by atoms with Crippen LogP contribution in [0.5, 0.6) is 0 Å². The smallest absolute Gasteiger partial charge is 0.246 e. The van der Waals surface area contributed by atoms with Gasteiger partial charge < -0.3 is 14.7 Å². The van der Waals surface area contributed by atoms with E-state index < -0.39 is 9.84 Å². The Morgan fingerprint density at radius 1 is 1.05 bits per heavy atom. The number of anilines is 2. The fourth-order valence-corrected chi connectivity index (χ4v) is 6.96. The number of carbonyl (C=O) groups excluding carboxylic acids is 1. The highest BCUT2D eigenvalue weighted by molar-refractivity contribution is 7.90. The van der Waals surface area contributed by atoms with Crippen molar-refractivity contribution in [3.8, 4) is 11.3 Å². The van der Waals surface area contributed by atoms with Crippen molar-refractivity contribution >= 4 is 44.7 Å². The summed E-state index contributed by atoms with van der Waals surface area (Å²) in [6.07, 6.45) is 2.54. The normalized spacial score (nSPS) is 19.0. The van der Waals surface area contributed by atoms with Crippen LogP contribution in [-0.4, -0.2) is 73.0 Å². The van der Waals surface area contributed by atoms with Crippen LogP contribution in [0.3, 0.4) is 0 Å². The van der Waals surface area contributed by atoms with Crippen molar-refractivity contribution in [3.63, 3.8) is 0 Å². The van der Waals surface area contributed by atoms with E-state index in [2.05, 4.69) is 49.3 Å². The summed E-state index contributed by atoms with van der Waals surface area (Å²) >= 11 is 6.93. The Morgan fingerprint density at radius 3 is 2.43 bits per heavy atom. The maximum absolute atomic E-state index is 12.7. The van der Waals surface area contributed by atoms with E-state index in [0.29, 0.717) is 41.9 Å². The van der Waals surface area contributed by atoms with Gasteiger partial charge >= 0.3 is 0 Å². The molecule has 2 unspecified atom stereocenters. The molecule has 0 saturated carbocycles. The minimum atomic E-state index is -3.54. The minimum Gasteiger partial charge on any atom is -0.350 e. The maximum atomic E-state index is 12.7. The number of benzene rings is 2. The molecule has 2 aliphatic rings. The minimum absolute atomic E-state index is 0.0180. The summed E-state index contributed by atoms with van der Waals surface area (Å²) in [7, 11) is -3.54. The lowest BCUT2D eigenvalue weighted by Crippen LogP contribution is -2.59. The molecule has 1 saturated heterocycles. The third kappa shape index (κ3) is 5.43. The Bertz CT molecular complexity index is 1690. The molecule has 42 heavy (non-hydrogen) atoms. The first-order valence-electron chi connectivity index (χ1n) is 14.0. The summed E-state index contributed by atoms with van der Waals surface area (Å²) in [5, 5.41) is 0.331. The summed E-state index contributed by atoms with van der Waals surface area (Å²) in [5.41, 5.74) is 3.74. The second kappa shape index (κ2) is 11.5. The molecule has 0 radical (unpaired) electrons. The van der Waals surface area contributed by atoms with Gasteiger partial charge in [0, 0.05) is 42.7 Å². The van der Waals surface area contributed by atoms with E-state index in [-0.39, 0.29) is 28.8 Å². The lowest BCUT2D eigenvalue weighted by atomic mass is 9.99. The van der Waals surface area contributed by atoms with Crippen molar-refractivity contribution in [2.45, 2.75) is 50.6 Å². The molecule has 1 fully saturated rings. The van der Waals surface area contributed by atoms with Crippen LogP contribution in [0, 0.1) is 0 Å². The van der Waals surface area contributed by atoms with E-state index in [4.69, 9.17) is 21.6 Å². The first-order valence-corrected chi connectivity index (χ1v) is 16.3. The van der Waals surface area contributed by atoms with E-state index >= 15 is 0 Å². The Balaban J connectivity index is 1.69. The van der Waals surface area contributed by atoms with Crippen molar-refractivity contribution in [2.24, 2.45) is 4.99 Å². The zero-order valence-electron chi connectivity index (χ0n) is 24.6. The van der Waals surface area contributed by atoms with Crippen LogP contribution in [0.25, 0.3) is 11.3 Å². The van der Waals surface area contributed by atoms with Gasteiger partial charge in [0.05, 0.1) is 21.2 Å². The molecule has 5 rings (SSSR count). The number of amidine groups is 1. The zero-order valence-corrected chi connectivity index (χ0v) is 26.2. The number of aromatic nitrogens is 1. The number of carbonyl (C=O) groups is 1. The number of halogens is 1. The molecule has 220 valence electrons. The fourth-order valence-electron chi connectivity index (χ4n) is 5.82. The fraction of sp³-hybridized carbons (Fsp3) is 0.344. The van der Waals surface area contributed by atoms with Gasteiger partial charge in [0.1, 0.15) is 18.3 Å². The molecule has 3 aromatic rings. The molecule has 10 heteroatoms. The van der Waals surface area contributed by atoms with Crippen LogP contribution in [0.15, 0.2) is 77.1 Å². The zero-order chi connectivity index (χ0) is 30.3. The molecule has 3 heterocycles. The molecule has 0 aliphatic carbocycles. The average molecular weight is 606 g/mol. The van der Waals surface area contributed by atoms with E-state index in [0.717, 1.165) is 22.6 Å². The molecule has 2 atom stereocenters. The van der Waals surface area contributed by atoms with Crippen LogP contribution in [0.1, 0.15) is 44.7 Å². The van der Waals surface area contributed by atoms with Crippen molar-refractivity contribution in [2.75, 3.05) is 30.9 Å². The van der Waals surface area contributed by atoms with Gasteiger partial charge in [-0.05, 0) is 49.6 Å². The van der Waals surface area contributed by atoms with Crippen molar-refractivity contribution in [1.29, 1.82) is 0 Å². The highest BCUT2D eigenvalue weighted by atomic mass is 35.5. The van der Waals surface area contributed by atoms with Crippen LogP contribution in [0.4, 0.5) is 11.5 Å². The van der Waals surface area contributed by atoms with Crippen molar-refractivity contribution < 1.29 is 13.2 Å². The number of sulfone groups is 1. The van der Waals surface area contributed by atoms with Gasteiger partial charge in [-0.3, -0.25) is 4.79 Å². The number of amides is 1. The molecule has 0 N–H and O–H groups in total. The number of hydrogen-bond donors (Lipinski definition) is 0. The molecule has 0 spiro atoms. The molecule has 8 nitrogen and oxygen atoms in total. The van der Waals surface area contributed by atoms with Crippen LogP contribution in [-0.2, 0) is 14.6 Å². The summed E-state index contributed by atoms with van der Waals surface area (Å²) in [6.45, 7) is 13.5. The van der Waals surface area contributed by atoms with E-state index in [1.54, 1.807) is 24.3 Å². The van der Waals surface area contributed by atoms with Gasteiger partial charge in [0.15, 0.2) is 9.84 Å². The number of fused-ring (bicyclic) bond motifs is 1. The number of para-hydroxylation sites is 1. The standard InChI is InChI=1S/C32H36ClN5O3S/c1-7-29(39)36-17-22(5)37(18-21(36)4)31-25-16-26(33)30(24-13-9-11-15-28(24)42(6,40)41)35-32(25)38(19-34-31)27-14-10-8-12-23(27)20(2)3/h7-16,20-22H,1,17-19H2,2-6H3. The van der Waals surface area contributed by atoms with Gasteiger partial charge in [0.25, 0.3) is 0 Å². The van der Waals surface area contributed by atoms with Crippen molar-refractivity contribution in [1.82, 2.24) is 14.8 Å². The van der Waals surface area contributed by atoms with Gasteiger partial charge in [-0.15, -0.1) is 0 Å². The van der Waals surface area contributed by atoms with Crippen LogP contribution < -0.4 is 4.90 Å². The highest BCUT2D eigenvalue weighted by Crippen LogP contribution is 2.41. The second-order valence-corrected chi connectivity index (χ2v) is 13.7. The quantitative estimate of drug-likeness (QED) is 0.337. The number of pyridine rings is 1. The molecule has 1 aromatic heterocycles. The summed E-state index contributed by atoms with van der Waals surface area (Å²) in [5.74, 6) is 1.57. The van der Waals surface area contributed by atoms with Gasteiger partial charge in [-0.1, -0.05) is 68.4 Å². The third-order valence-corrected chi connectivity index (χ3v) is 9.36. The Morgan fingerprint density at radius 2 is 1.74 bits per heavy atom. The van der Waals surface area contributed by atoms with Gasteiger partial charge in [-0.2, -0.15) is 0 Å². The first-order chi connectivity index (χ1) is 19.9. The number of piperazine rings is 1. The number of nitrogens with zero attached hydrogens (tertiary/aromatic N) is 5. The topological polar surface area (TPSA) is 86.2 Å². The predicted octanol–water partition coefficient (Wildman–Crippen LogP) is 5.89. The average Bonchev–Trinajstić information content (AvgIpc) is 2.96. The number of rotatable bonds is 5. The lowest BCUT2D eigenvalue weighted by molar-refractivity contribution is -0.130. The molecule has 0 bridgehead atoms. The van der Waals surface area contributed by atoms with E-state index in [9.17, 15) is 13.2 Å². The van der Waals surface area contributed by atoms with Crippen LogP contribution in [0.2, 0.25) is 5.02 Å². The van der Waals surface area contributed by atoms with Gasteiger partial charge in [-0.25, -0.2) is 18.4 Å². The summed E-state index contributed by atoms with van der Waals surface area (Å²) in [6, 6.07) is 16.8. The molecule has 2 aliphatic heterocycles. The highest BCUT2D eigenvalue weighted by Gasteiger charge is 2.37. The largest absolute Gasteiger partial charge is 0.350 e. The third-order valence-electron chi connectivity index (χ3n) is 7.92. The second-order valence-electron chi connectivity index (χ2n) is 11.3.